The highest BCUT2D eigenvalue weighted by Gasteiger charge is 2.11. The molecule has 0 bridgehead atoms. The molecule has 0 fully saturated rings. The van der Waals surface area contributed by atoms with Crippen molar-refractivity contribution in [3.63, 3.8) is 0 Å². The molecule has 0 aliphatic rings. The molecular formula is C14H21N3O2. The maximum Gasteiger partial charge on any atom is 0.253 e. The summed E-state index contributed by atoms with van der Waals surface area (Å²) in [5, 5.41) is 5.32. The van der Waals surface area contributed by atoms with Crippen LogP contribution < -0.4 is 16.4 Å². The summed E-state index contributed by atoms with van der Waals surface area (Å²) in [6.07, 6.45) is 3.14. The van der Waals surface area contributed by atoms with Crippen LogP contribution in [0.5, 0.6) is 0 Å². The van der Waals surface area contributed by atoms with Crippen LogP contribution in [0.4, 0.5) is 5.69 Å². The zero-order chi connectivity index (χ0) is 14.1. The highest BCUT2D eigenvalue weighted by Crippen LogP contribution is 2.15. The first-order valence-electron chi connectivity index (χ1n) is 6.50. The van der Waals surface area contributed by atoms with E-state index in [-0.39, 0.29) is 11.8 Å². The van der Waals surface area contributed by atoms with Crippen molar-refractivity contribution >= 4 is 17.5 Å². The van der Waals surface area contributed by atoms with Gasteiger partial charge in [-0.1, -0.05) is 18.6 Å². The fraction of sp³-hybridized carbons (Fsp3) is 0.429. The Bertz CT molecular complexity index is 432. The van der Waals surface area contributed by atoms with E-state index in [1.807, 2.05) is 0 Å². The van der Waals surface area contributed by atoms with E-state index in [9.17, 15) is 9.59 Å². The molecule has 0 atom stereocenters. The lowest BCUT2D eigenvalue weighted by Crippen LogP contribution is -2.21. The van der Waals surface area contributed by atoms with Gasteiger partial charge in [-0.15, -0.1) is 0 Å². The highest BCUT2D eigenvalue weighted by atomic mass is 16.2. The number of rotatable bonds is 7. The van der Waals surface area contributed by atoms with Crippen LogP contribution in [0.25, 0.3) is 0 Å². The molecule has 19 heavy (non-hydrogen) atoms. The van der Waals surface area contributed by atoms with E-state index in [0.29, 0.717) is 24.2 Å². The number of carbonyl (C=O) groups excluding carboxylic acids is 2. The summed E-state index contributed by atoms with van der Waals surface area (Å²) in [4.78, 5) is 23.4. The van der Waals surface area contributed by atoms with Crippen LogP contribution >= 0.6 is 0 Å². The average Bonchev–Trinajstić information content (AvgIpc) is 2.43. The molecule has 0 heterocycles. The zero-order valence-electron chi connectivity index (χ0n) is 11.2. The van der Waals surface area contributed by atoms with E-state index in [2.05, 4.69) is 10.6 Å². The van der Waals surface area contributed by atoms with Gasteiger partial charge in [0, 0.05) is 13.5 Å². The summed E-state index contributed by atoms with van der Waals surface area (Å²) in [6, 6.07) is 6.96. The summed E-state index contributed by atoms with van der Waals surface area (Å²) in [5.41, 5.74) is 6.41. The lowest BCUT2D eigenvalue weighted by molar-refractivity contribution is -0.116. The molecule has 0 aliphatic heterocycles. The van der Waals surface area contributed by atoms with Crippen LogP contribution in [0.15, 0.2) is 24.3 Å². The number of hydrogen-bond acceptors (Lipinski definition) is 3. The smallest absolute Gasteiger partial charge is 0.253 e. The molecule has 1 aromatic carbocycles. The monoisotopic (exact) mass is 263 g/mol. The highest BCUT2D eigenvalue weighted by molar-refractivity contribution is 6.03. The molecule has 0 aliphatic carbocycles. The summed E-state index contributed by atoms with van der Waals surface area (Å²) in [7, 11) is 1.56. The minimum Gasteiger partial charge on any atom is -0.355 e. The van der Waals surface area contributed by atoms with Gasteiger partial charge in [0.1, 0.15) is 0 Å². The summed E-state index contributed by atoms with van der Waals surface area (Å²) in [5.74, 6) is -0.285. The van der Waals surface area contributed by atoms with Crippen molar-refractivity contribution in [1.82, 2.24) is 5.32 Å². The van der Waals surface area contributed by atoms with Crippen LogP contribution in [0.3, 0.4) is 0 Å². The molecule has 0 unspecified atom stereocenters. The van der Waals surface area contributed by atoms with Crippen LogP contribution in [-0.4, -0.2) is 25.4 Å². The molecule has 5 nitrogen and oxygen atoms in total. The Morgan fingerprint density at radius 3 is 2.58 bits per heavy atom. The Hall–Kier alpha value is -1.88. The lowest BCUT2D eigenvalue weighted by atomic mass is 10.1. The summed E-state index contributed by atoms with van der Waals surface area (Å²) in [6.45, 7) is 0.654. The van der Waals surface area contributed by atoms with Crippen LogP contribution in [-0.2, 0) is 4.79 Å². The number of benzene rings is 1. The Balaban J connectivity index is 2.56. The Kier molecular flexibility index (Phi) is 6.60. The molecule has 5 heteroatoms. The molecule has 2 amide bonds. The number of carbonyl (C=O) groups is 2. The third-order valence-electron chi connectivity index (χ3n) is 2.78. The molecule has 0 saturated heterocycles. The van der Waals surface area contributed by atoms with Crippen molar-refractivity contribution in [2.24, 2.45) is 5.73 Å². The predicted molar refractivity (Wildman–Crippen MR) is 76.0 cm³/mol. The number of nitrogens with one attached hydrogen (secondary N) is 2. The van der Waals surface area contributed by atoms with Crippen LogP contribution in [0.1, 0.15) is 36.0 Å². The first-order valence-corrected chi connectivity index (χ1v) is 6.50. The first-order chi connectivity index (χ1) is 9.19. The molecule has 0 aromatic heterocycles. The largest absolute Gasteiger partial charge is 0.355 e. The quantitative estimate of drug-likeness (QED) is 0.652. The molecule has 0 radical (unpaired) electrons. The van der Waals surface area contributed by atoms with Crippen molar-refractivity contribution in [2.75, 3.05) is 18.9 Å². The fourth-order valence-electron chi connectivity index (χ4n) is 1.74. The third kappa shape index (κ3) is 5.09. The molecule has 104 valence electrons. The average molecular weight is 263 g/mol. The van der Waals surface area contributed by atoms with Gasteiger partial charge >= 0.3 is 0 Å². The Labute approximate surface area is 113 Å². The van der Waals surface area contributed by atoms with Gasteiger partial charge in [-0.2, -0.15) is 0 Å². The Morgan fingerprint density at radius 2 is 1.89 bits per heavy atom. The Morgan fingerprint density at radius 1 is 1.16 bits per heavy atom. The first kappa shape index (κ1) is 15.2. The molecular weight excluding hydrogens is 242 g/mol. The van der Waals surface area contributed by atoms with E-state index in [1.165, 1.54) is 0 Å². The van der Waals surface area contributed by atoms with Gasteiger partial charge in [-0.25, -0.2) is 0 Å². The van der Waals surface area contributed by atoms with E-state index in [4.69, 9.17) is 5.73 Å². The second-order valence-electron chi connectivity index (χ2n) is 4.27. The van der Waals surface area contributed by atoms with Gasteiger partial charge in [0.2, 0.25) is 5.91 Å². The van der Waals surface area contributed by atoms with E-state index in [1.54, 1.807) is 31.3 Å². The zero-order valence-corrected chi connectivity index (χ0v) is 11.2. The second-order valence-corrected chi connectivity index (χ2v) is 4.27. The SMILES string of the molecule is CNC(=O)c1ccccc1NC(=O)CCCCCN. The topological polar surface area (TPSA) is 84.2 Å². The molecule has 0 spiro atoms. The number of unbranched alkanes of at least 4 members (excludes halogenated alkanes) is 2. The maximum atomic E-state index is 11.8. The molecule has 1 rings (SSSR count). The van der Waals surface area contributed by atoms with Crippen molar-refractivity contribution in [3.05, 3.63) is 29.8 Å². The van der Waals surface area contributed by atoms with E-state index < -0.39 is 0 Å². The van der Waals surface area contributed by atoms with Crippen LogP contribution in [0, 0.1) is 0 Å². The number of para-hydroxylation sites is 1. The van der Waals surface area contributed by atoms with Gasteiger partial charge in [-0.05, 0) is 31.5 Å². The molecule has 4 N–H and O–H groups in total. The second kappa shape index (κ2) is 8.26. The number of hydrogen-bond donors (Lipinski definition) is 3. The van der Waals surface area contributed by atoms with Crippen molar-refractivity contribution in [3.8, 4) is 0 Å². The van der Waals surface area contributed by atoms with Gasteiger partial charge < -0.3 is 16.4 Å². The fourth-order valence-corrected chi connectivity index (χ4v) is 1.74. The van der Waals surface area contributed by atoms with Crippen molar-refractivity contribution in [2.45, 2.75) is 25.7 Å². The van der Waals surface area contributed by atoms with E-state index in [0.717, 1.165) is 19.3 Å². The van der Waals surface area contributed by atoms with Crippen molar-refractivity contribution < 1.29 is 9.59 Å². The number of anilines is 1. The number of nitrogens with two attached hydrogens (primary N) is 1. The minimum atomic E-state index is -0.209. The van der Waals surface area contributed by atoms with Gasteiger partial charge in [-0.3, -0.25) is 9.59 Å². The third-order valence-corrected chi connectivity index (χ3v) is 2.78. The standard InChI is InChI=1S/C14H21N3O2/c1-16-14(19)11-7-4-5-8-12(11)17-13(18)9-3-2-6-10-15/h4-5,7-8H,2-3,6,9-10,15H2,1H3,(H,16,19)(H,17,18). The van der Waals surface area contributed by atoms with Gasteiger partial charge in [0.05, 0.1) is 11.3 Å². The van der Waals surface area contributed by atoms with Crippen molar-refractivity contribution in [1.29, 1.82) is 0 Å². The summed E-state index contributed by atoms with van der Waals surface area (Å²) >= 11 is 0. The van der Waals surface area contributed by atoms with Gasteiger partial charge in [0.15, 0.2) is 0 Å². The number of amides is 2. The summed E-state index contributed by atoms with van der Waals surface area (Å²) < 4.78 is 0. The van der Waals surface area contributed by atoms with E-state index >= 15 is 0 Å². The maximum absolute atomic E-state index is 11.8. The minimum absolute atomic E-state index is 0.0756. The molecule has 1 aromatic rings. The predicted octanol–water partition coefficient (Wildman–Crippen LogP) is 1.50. The lowest BCUT2D eigenvalue weighted by Gasteiger charge is -2.09. The normalized spacial score (nSPS) is 10.0. The van der Waals surface area contributed by atoms with Crippen LogP contribution in [0.2, 0.25) is 0 Å². The van der Waals surface area contributed by atoms with Gasteiger partial charge in [0.25, 0.3) is 5.91 Å². The molecule has 0 saturated carbocycles.